The van der Waals surface area contributed by atoms with Crippen molar-refractivity contribution in [3.63, 3.8) is 0 Å². The zero-order chi connectivity index (χ0) is 13.0. The molecule has 0 spiro atoms. The van der Waals surface area contributed by atoms with Gasteiger partial charge in [0.05, 0.1) is 7.11 Å². The lowest BCUT2D eigenvalue weighted by Crippen LogP contribution is -2.38. The Balaban J connectivity index is 1.70. The standard InChI is InChI=1S/C15H24N2O/c1-12(17(2)14-6-7-14)10-16-11-13-4-8-15(18-3)9-5-13/h4-5,8-9,12,14,16H,6-7,10-11H2,1-3H3. The monoisotopic (exact) mass is 248 g/mol. The molecule has 100 valence electrons. The van der Waals surface area contributed by atoms with Gasteiger partial charge < -0.3 is 10.1 Å². The highest BCUT2D eigenvalue weighted by Gasteiger charge is 2.28. The molecule has 1 N–H and O–H groups in total. The van der Waals surface area contributed by atoms with Gasteiger partial charge in [-0.15, -0.1) is 0 Å². The zero-order valence-electron chi connectivity index (χ0n) is 11.6. The quantitative estimate of drug-likeness (QED) is 0.801. The molecule has 3 heteroatoms. The summed E-state index contributed by atoms with van der Waals surface area (Å²) >= 11 is 0. The Morgan fingerprint density at radius 3 is 2.56 bits per heavy atom. The summed E-state index contributed by atoms with van der Waals surface area (Å²) in [7, 11) is 3.93. The van der Waals surface area contributed by atoms with Crippen molar-refractivity contribution in [3.05, 3.63) is 29.8 Å². The molecule has 2 rings (SSSR count). The Morgan fingerprint density at radius 1 is 1.33 bits per heavy atom. The number of hydrogen-bond acceptors (Lipinski definition) is 3. The summed E-state index contributed by atoms with van der Waals surface area (Å²) in [5.74, 6) is 0.917. The molecule has 0 heterocycles. The van der Waals surface area contributed by atoms with Gasteiger partial charge in [-0.2, -0.15) is 0 Å². The summed E-state index contributed by atoms with van der Waals surface area (Å²) in [5, 5.41) is 3.52. The van der Waals surface area contributed by atoms with E-state index in [0.29, 0.717) is 6.04 Å². The lowest BCUT2D eigenvalue weighted by molar-refractivity contribution is 0.241. The first kappa shape index (κ1) is 13.4. The van der Waals surface area contributed by atoms with Crippen molar-refractivity contribution in [2.45, 2.75) is 38.4 Å². The maximum Gasteiger partial charge on any atom is 0.118 e. The van der Waals surface area contributed by atoms with Gasteiger partial charge in [-0.05, 0) is 44.5 Å². The number of nitrogens with one attached hydrogen (secondary N) is 1. The fourth-order valence-electron chi connectivity index (χ4n) is 2.15. The number of benzene rings is 1. The minimum Gasteiger partial charge on any atom is -0.497 e. The van der Waals surface area contributed by atoms with E-state index in [-0.39, 0.29) is 0 Å². The highest BCUT2D eigenvalue weighted by atomic mass is 16.5. The summed E-state index contributed by atoms with van der Waals surface area (Å²) in [6, 6.07) is 9.69. The van der Waals surface area contributed by atoms with Gasteiger partial charge in [0.15, 0.2) is 0 Å². The van der Waals surface area contributed by atoms with Crippen LogP contribution in [0.25, 0.3) is 0 Å². The van der Waals surface area contributed by atoms with E-state index in [1.165, 1.54) is 18.4 Å². The lowest BCUT2D eigenvalue weighted by atomic mass is 10.2. The number of ether oxygens (including phenoxy) is 1. The van der Waals surface area contributed by atoms with Gasteiger partial charge in [0.2, 0.25) is 0 Å². The number of nitrogens with zero attached hydrogens (tertiary/aromatic N) is 1. The number of likely N-dealkylation sites (N-methyl/N-ethyl adjacent to an activating group) is 1. The molecule has 1 unspecified atom stereocenters. The molecule has 1 aromatic rings. The Labute approximate surface area is 110 Å². The van der Waals surface area contributed by atoms with Crippen molar-refractivity contribution in [1.29, 1.82) is 0 Å². The highest BCUT2D eigenvalue weighted by molar-refractivity contribution is 5.26. The van der Waals surface area contributed by atoms with Gasteiger partial charge in [0.1, 0.15) is 5.75 Å². The van der Waals surface area contributed by atoms with E-state index in [9.17, 15) is 0 Å². The summed E-state index contributed by atoms with van der Waals surface area (Å²) in [6.45, 7) is 4.26. The third-order valence-electron chi connectivity index (χ3n) is 3.75. The van der Waals surface area contributed by atoms with Crippen molar-refractivity contribution in [1.82, 2.24) is 10.2 Å². The average Bonchev–Trinajstić information content (AvgIpc) is 3.23. The van der Waals surface area contributed by atoms with E-state index in [4.69, 9.17) is 4.74 Å². The van der Waals surface area contributed by atoms with Crippen LogP contribution < -0.4 is 10.1 Å². The fourth-order valence-corrected chi connectivity index (χ4v) is 2.15. The smallest absolute Gasteiger partial charge is 0.118 e. The normalized spacial score (nSPS) is 16.9. The van der Waals surface area contributed by atoms with Crippen LogP contribution in [0.15, 0.2) is 24.3 Å². The van der Waals surface area contributed by atoms with Gasteiger partial charge in [-0.25, -0.2) is 0 Å². The van der Waals surface area contributed by atoms with Gasteiger partial charge in [-0.1, -0.05) is 12.1 Å². The largest absolute Gasteiger partial charge is 0.497 e. The van der Waals surface area contributed by atoms with Crippen LogP contribution in [-0.4, -0.2) is 37.7 Å². The molecule has 1 atom stereocenters. The number of rotatable bonds is 7. The zero-order valence-corrected chi connectivity index (χ0v) is 11.6. The molecule has 1 fully saturated rings. The fraction of sp³-hybridized carbons (Fsp3) is 0.600. The van der Waals surface area contributed by atoms with Gasteiger partial charge in [0.25, 0.3) is 0 Å². The van der Waals surface area contributed by atoms with Crippen molar-refractivity contribution in [2.75, 3.05) is 20.7 Å². The molecule has 0 radical (unpaired) electrons. The number of methoxy groups -OCH3 is 1. The Hall–Kier alpha value is -1.06. The van der Waals surface area contributed by atoms with E-state index in [0.717, 1.165) is 24.9 Å². The average molecular weight is 248 g/mol. The Morgan fingerprint density at radius 2 is 2.00 bits per heavy atom. The predicted molar refractivity (Wildman–Crippen MR) is 74.9 cm³/mol. The molecule has 0 bridgehead atoms. The van der Waals surface area contributed by atoms with Gasteiger partial charge >= 0.3 is 0 Å². The topological polar surface area (TPSA) is 24.5 Å². The summed E-state index contributed by atoms with van der Waals surface area (Å²) < 4.78 is 5.15. The molecule has 1 saturated carbocycles. The molecule has 1 aliphatic carbocycles. The molecule has 0 aromatic heterocycles. The Kier molecular flexibility index (Phi) is 4.61. The molecule has 1 aliphatic rings. The van der Waals surface area contributed by atoms with Crippen LogP contribution in [-0.2, 0) is 6.54 Å². The molecule has 1 aromatic carbocycles. The second kappa shape index (κ2) is 6.21. The molecular formula is C15H24N2O. The van der Waals surface area contributed by atoms with Crippen LogP contribution in [0.3, 0.4) is 0 Å². The van der Waals surface area contributed by atoms with Crippen LogP contribution in [0.2, 0.25) is 0 Å². The molecule has 0 saturated heterocycles. The van der Waals surface area contributed by atoms with Crippen LogP contribution in [0, 0.1) is 0 Å². The summed E-state index contributed by atoms with van der Waals surface area (Å²) in [5.41, 5.74) is 1.30. The van der Waals surface area contributed by atoms with Crippen LogP contribution >= 0.6 is 0 Å². The van der Waals surface area contributed by atoms with Gasteiger partial charge in [-0.3, -0.25) is 4.90 Å². The van der Waals surface area contributed by atoms with Crippen molar-refractivity contribution < 1.29 is 4.74 Å². The maximum absolute atomic E-state index is 5.15. The first-order valence-electron chi connectivity index (χ1n) is 6.76. The summed E-state index contributed by atoms with van der Waals surface area (Å²) in [6.07, 6.45) is 2.75. The van der Waals surface area contributed by atoms with Crippen LogP contribution in [0.1, 0.15) is 25.3 Å². The van der Waals surface area contributed by atoms with Crippen molar-refractivity contribution >= 4 is 0 Å². The SMILES string of the molecule is COc1ccc(CNCC(C)N(C)C2CC2)cc1. The molecule has 3 nitrogen and oxygen atoms in total. The van der Waals surface area contributed by atoms with E-state index < -0.39 is 0 Å². The van der Waals surface area contributed by atoms with Crippen LogP contribution in [0.4, 0.5) is 0 Å². The molecule has 18 heavy (non-hydrogen) atoms. The van der Waals surface area contributed by atoms with Crippen molar-refractivity contribution in [3.8, 4) is 5.75 Å². The second-order valence-electron chi connectivity index (χ2n) is 5.22. The Bertz CT molecular complexity index is 359. The van der Waals surface area contributed by atoms with Crippen molar-refractivity contribution in [2.24, 2.45) is 0 Å². The van der Waals surface area contributed by atoms with Gasteiger partial charge in [0, 0.05) is 25.2 Å². The van der Waals surface area contributed by atoms with Crippen LogP contribution in [0.5, 0.6) is 5.75 Å². The third-order valence-corrected chi connectivity index (χ3v) is 3.75. The van der Waals surface area contributed by atoms with E-state index in [1.807, 2.05) is 12.1 Å². The highest BCUT2D eigenvalue weighted by Crippen LogP contribution is 2.26. The van der Waals surface area contributed by atoms with E-state index in [2.05, 4.69) is 36.3 Å². The maximum atomic E-state index is 5.15. The molecule has 0 aliphatic heterocycles. The first-order chi connectivity index (χ1) is 8.70. The number of hydrogen-bond donors (Lipinski definition) is 1. The summed E-state index contributed by atoms with van der Waals surface area (Å²) in [4.78, 5) is 2.49. The van der Waals surface area contributed by atoms with E-state index >= 15 is 0 Å². The minimum absolute atomic E-state index is 0.607. The minimum atomic E-state index is 0.607. The predicted octanol–water partition coefficient (Wildman–Crippen LogP) is 2.27. The molecular weight excluding hydrogens is 224 g/mol. The molecule has 0 amide bonds. The lowest BCUT2D eigenvalue weighted by Gasteiger charge is -2.24. The second-order valence-corrected chi connectivity index (χ2v) is 5.22. The van der Waals surface area contributed by atoms with E-state index in [1.54, 1.807) is 7.11 Å². The first-order valence-corrected chi connectivity index (χ1v) is 6.76. The third kappa shape index (κ3) is 3.72.